The summed E-state index contributed by atoms with van der Waals surface area (Å²) in [6, 6.07) is 5.59. The van der Waals surface area contributed by atoms with E-state index in [4.69, 9.17) is 4.74 Å². The summed E-state index contributed by atoms with van der Waals surface area (Å²) in [6.07, 6.45) is -4.38. The largest absolute Gasteiger partial charge is 0.484 e. The van der Waals surface area contributed by atoms with Crippen LogP contribution in [0.5, 0.6) is 5.75 Å². The van der Waals surface area contributed by atoms with Gasteiger partial charge in [-0.2, -0.15) is 13.2 Å². The maximum Gasteiger partial charge on any atom is 0.422 e. The number of guanidine groups is 1. The van der Waals surface area contributed by atoms with E-state index in [-0.39, 0.29) is 12.3 Å². The number of nitrogens with one attached hydrogen (secondary N) is 2. The van der Waals surface area contributed by atoms with Crippen molar-refractivity contribution >= 4 is 5.96 Å². The van der Waals surface area contributed by atoms with E-state index in [1.165, 1.54) is 0 Å². The highest BCUT2D eigenvalue weighted by atomic mass is 19.4. The molecule has 0 saturated carbocycles. The first-order chi connectivity index (χ1) is 13.7. The van der Waals surface area contributed by atoms with Crippen LogP contribution in [0.2, 0.25) is 0 Å². The fraction of sp³-hybridized carbons (Fsp3) is 0.650. The summed E-state index contributed by atoms with van der Waals surface area (Å²) in [4.78, 5) is 9.17. The van der Waals surface area contributed by atoms with Crippen molar-refractivity contribution in [2.45, 2.75) is 32.6 Å². The van der Waals surface area contributed by atoms with Crippen LogP contribution in [0.3, 0.4) is 0 Å². The predicted octanol–water partition coefficient (Wildman–Crippen LogP) is 2.24. The number of halogens is 3. The van der Waals surface area contributed by atoms with E-state index < -0.39 is 12.8 Å². The third-order valence-electron chi connectivity index (χ3n) is 4.85. The molecule has 2 N–H and O–H groups in total. The molecule has 0 radical (unpaired) electrons. The molecule has 1 aliphatic heterocycles. The fourth-order valence-corrected chi connectivity index (χ4v) is 3.13. The van der Waals surface area contributed by atoms with Crippen molar-refractivity contribution in [3.8, 4) is 5.75 Å². The van der Waals surface area contributed by atoms with Gasteiger partial charge in [0, 0.05) is 44.3 Å². The Balaban J connectivity index is 2.03. The van der Waals surface area contributed by atoms with Crippen LogP contribution in [-0.4, -0.2) is 81.4 Å². The lowest BCUT2D eigenvalue weighted by molar-refractivity contribution is -0.153. The van der Waals surface area contributed by atoms with E-state index in [1.807, 2.05) is 19.9 Å². The Morgan fingerprint density at radius 1 is 1.24 bits per heavy atom. The molecule has 1 aliphatic rings. The lowest BCUT2D eigenvalue weighted by Gasteiger charge is -2.37. The molecular formula is C20H32F3N5O. The Morgan fingerprint density at radius 3 is 2.69 bits per heavy atom. The van der Waals surface area contributed by atoms with E-state index in [2.05, 4.69) is 39.5 Å². The van der Waals surface area contributed by atoms with Gasteiger partial charge in [0.05, 0.1) is 6.54 Å². The lowest BCUT2D eigenvalue weighted by Crippen LogP contribution is -2.55. The number of nitrogens with zero attached hydrogens (tertiary/aromatic N) is 3. The Labute approximate surface area is 171 Å². The van der Waals surface area contributed by atoms with Crippen LogP contribution in [0.4, 0.5) is 13.2 Å². The van der Waals surface area contributed by atoms with E-state index in [0.717, 1.165) is 31.7 Å². The Kier molecular flexibility index (Phi) is 8.58. The van der Waals surface area contributed by atoms with Crippen LogP contribution in [-0.2, 0) is 6.54 Å². The summed E-state index contributed by atoms with van der Waals surface area (Å²) in [6.45, 7) is 7.16. The molecule has 1 aromatic carbocycles. The number of benzene rings is 1. The molecule has 1 atom stereocenters. The summed E-state index contributed by atoms with van der Waals surface area (Å²) < 4.78 is 42.6. The molecule has 9 heteroatoms. The van der Waals surface area contributed by atoms with Gasteiger partial charge in [-0.25, -0.2) is 4.99 Å². The van der Waals surface area contributed by atoms with E-state index >= 15 is 0 Å². The Hall–Kier alpha value is -2.00. The van der Waals surface area contributed by atoms with Crippen LogP contribution in [0.25, 0.3) is 0 Å². The third kappa shape index (κ3) is 8.10. The summed E-state index contributed by atoms with van der Waals surface area (Å²) in [5, 5.41) is 6.54. The van der Waals surface area contributed by atoms with Gasteiger partial charge in [0.25, 0.3) is 0 Å². The molecule has 2 rings (SSSR count). The second kappa shape index (κ2) is 10.7. The normalized spacial score (nSPS) is 19.3. The number of ether oxygens (including phenoxy) is 1. The van der Waals surface area contributed by atoms with Gasteiger partial charge in [0.1, 0.15) is 5.75 Å². The molecule has 1 saturated heterocycles. The summed E-state index contributed by atoms with van der Waals surface area (Å²) in [7, 11) is 4.22. The van der Waals surface area contributed by atoms with Crippen molar-refractivity contribution in [3.05, 3.63) is 29.3 Å². The molecule has 164 valence electrons. The van der Waals surface area contributed by atoms with Crippen LogP contribution < -0.4 is 15.4 Å². The number of hydrogen-bond acceptors (Lipinski definition) is 4. The zero-order valence-corrected chi connectivity index (χ0v) is 17.6. The number of likely N-dealkylation sites (N-methyl/N-ethyl adjacent to an activating group) is 2. The summed E-state index contributed by atoms with van der Waals surface area (Å²) >= 11 is 0. The average molecular weight is 416 g/mol. The molecule has 29 heavy (non-hydrogen) atoms. The molecule has 1 heterocycles. The highest BCUT2D eigenvalue weighted by Gasteiger charge is 2.29. The summed E-state index contributed by atoms with van der Waals surface area (Å²) in [5.41, 5.74) is 1.45. The Morgan fingerprint density at radius 2 is 2.00 bits per heavy atom. The molecule has 0 aliphatic carbocycles. The number of alkyl halides is 3. The number of hydrogen-bond donors (Lipinski definition) is 2. The lowest BCUT2D eigenvalue weighted by atomic mass is 10.1. The van der Waals surface area contributed by atoms with Crippen molar-refractivity contribution in [3.63, 3.8) is 0 Å². The maximum absolute atomic E-state index is 12.5. The first-order valence-electron chi connectivity index (χ1n) is 9.88. The van der Waals surface area contributed by atoms with Crippen molar-refractivity contribution in [2.75, 3.05) is 53.4 Å². The molecule has 0 aromatic heterocycles. The van der Waals surface area contributed by atoms with Gasteiger partial charge >= 0.3 is 6.18 Å². The molecule has 1 aromatic rings. The molecule has 0 bridgehead atoms. The van der Waals surface area contributed by atoms with Crippen molar-refractivity contribution in [1.29, 1.82) is 0 Å². The molecule has 1 fully saturated rings. The van der Waals surface area contributed by atoms with Crippen LogP contribution in [0.15, 0.2) is 23.2 Å². The van der Waals surface area contributed by atoms with Crippen LogP contribution >= 0.6 is 0 Å². The molecular weight excluding hydrogens is 383 g/mol. The highest BCUT2D eigenvalue weighted by Crippen LogP contribution is 2.24. The van der Waals surface area contributed by atoms with Gasteiger partial charge < -0.3 is 20.3 Å². The molecule has 0 amide bonds. The summed E-state index contributed by atoms with van der Waals surface area (Å²) in [5.74, 6) is 0.854. The number of aliphatic imine (C=N–C) groups is 1. The number of aryl methyl sites for hydroxylation is 1. The second-order valence-corrected chi connectivity index (χ2v) is 7.49. The van der Waals surface area contributed by atoms with E-state index in [0.29, 0.717) is 24.1 Å². The van der Waals surface area contributed by atoms with E-state index in [9.17, 15) is 13.2 Å². The molecule has 0 spiro atoms. The quantitative estimate of drug-likeness (QED) is 0.529. The smallest absolute Gasteiger partial charge is 0.422 e. The minimum atomic E-state index is -4.38. The van der Waals surface area contributed by atoms with Crippen molar-refractivity contribution in [2.24, 2.45) is 4.99 Å². The minimum Gasteiger partial charge on any atom is -0.484 e. The minimum absolute atomic E-state index is 0.218. The van der Waals surface area contributed by atoms with Gasteiger partial charge in [-0.3, -0.25) is 4.90 Å². The molecule has 1 unspecified atom stereocenters. The van der Waals surface area contributed by atoms with E-state index in [1.54, 1.807) is 12.1 Å². The SMILES string of the molecule is CCNC(=NCc1ccc(C)cc1OCC(F)(F)F)NCC1CN(C)CCN1C. The van der Waals surface area contributed by atoms with Crippen LogP contribution in [0, 0.1) is 6.92 Å². The monoisotopic (exact) mass is 415 g/mol. The zero-order chi connectivity index (χ0) is 21.4. The number of rotatable bonds is 7. The number of piperazine rings is 1. The van der Waals surface area contributed by atoms with Crippen molar-refractivity contribution < 1.29 is 17.9 Å². The van der Waals surface area contributed by atoms with Gasteiger partial charge in [-0.05, 0) is 39.6 Å². The Bertz CT molecular complexity index is 681. The maximum atomic E-state index is 12.5. The van der Waals surface area contributed by atoms with Crippen LogP contribution in [0.1, 0.15) is 18.1 Å². The third-order valence-corrected chi connectivity index (χ3v) is 4.85. The first kappa shape index (κ1) is 23.3. The second-order valence-electron chi connectivity index (χ2n) is 7.49. The van der Waals surface area contributed by atoms with Crippen molar-refractivity contribution in [1.82, 2.24) is 20.4 Å². The first-order valence-corrected chi connectivity index (χ1v) is 9.88. The molecule has 6 nitrogen and oxygen atoms in total. The topological polar surface area (TPSA) is 52.1 Å². The van der Waals surface area contributed by atoms with Gasteiger partial charge in [-0.1, -0.05) is 12.1 Å². The highest BCUT2D eigenvalue weighted by molar-refractivity contribution is 5.79. The zero-order valence-electron chi connectivity index (χ0n) is 17.6. The van der Waals surface area contributed by atoms with Gasteiger partial charge in [0.15, 0.2) is 12.6 Å². The van der Waals surface area contributed by atoms with Gasteiger partial charge in [0.2, 0.25) is 0 Å². The average Bonchev–Trinajstić information content (AvgIpc) is 2.65. The standard InChI is InChI=1S/C20H32F3N5O/c1-5-24-19(26-12-17-13-27(3)8-9-28(17)4)25-11-16-7-6-15(2)10-18(16)29-14-20(21,22)23/h6-7,10,17H,5,8-9,11-14H2,1-4H3,(H2,24,25,26). The van der Waals surface area contributed by atoms with Gasteiger partial charge in [-0.15, -0.1) is 0 Å². The predicted molar refractivity (Wildman–Crippen MR) is 109 cm³/mol. The fourth-order valence-electron chi connectivity index (χ4n) is 3.13.